The highest BCUT2D eigenvalue weighted by atomic mass is 16.6. The Hall–Kier alpha value is -4.27. The normalized spacial score (nSPS) is 14.4. The van der Waals surface area contributed by atoms with Crippen LogP contribution in [-0.4, -0.2) is 43.6 Å². The zero-order valence-electron chi connectivity index (χ0n) is 18.6. The first-order valence-corrected chi connectivity index (χ1v) is 11.1. The van der Waals surface area contributed by atoms with Crippen molar-refractivity contribution in [2.45, 2.75) is 25.7 Å². The van der Waals surface area contributed by atoms with Gasteiger partial charge in [-0.1, -0.05) is 30.3 Å². The summed E-state index contributed by atoms with van der Waals surface area (Å²) in [7, 11) is 0. The highest BCUT2D eigenvalue weighted by molar-refractivity contribution is 5.92. The number of nitro groups is 1. The molecule has 1 aliphatic heterocycles. The summed E-state index contributed by atoms with van der Waals surface area (Å²) >= 11 is 0. The van der Waals surface area contributed by atoms with Gasteiger partial charge in [0.25, 0.3) is 11.6 Å². The lowest BCUT2D eigenvalue weighted by Gasteiger charge is -2.31. The minimum Gasteiger partial charge on any atom is -0.361 e. The number of hydrogen-bond donors (Lipinski definition) is 1. The second kappa shape index (κ2) is 8.58. The van der Waals surface area contributed by atoms with E-state index < -0.39 is 16.3 Å². The quantitative estimate of drug-likeness (QED) is 0.368. The Balaban J connectivity index is 1.40. The molecule has 0 spiro atoms. The monoisotopic (exact) mass is 457 g/mol. The van der Waals surface area contributed by atoms with Crippen molar-refractivity contribution >= 4 is 22.5 Å². The van der Waals surface area contributed by atoms with Gasteiger partial charge in [-0.3, -0.25) is 19.7 Å². The van der Waals surface area contributed by atoms with Gasteiger partial charge in [-0.25, -0.2) is 4.68 Å². The van der Waals surface area contributed by atoms with Gasteiger partial charge in [0.05, 0.1) is 4.92 Å². The molecule has 9 nitrogen and oxygen atoms in total. The molecule has 2 aromatic carbocycles. The lowest BCUT2D eigenvalue weighted by atomic mass is 9.89. The first-order chi connectivity index (χ1) is 16.4. The molecule has 4 aromatic rings. The SMILES string of the molecule is Cc1cc(=O)c(C(=O)N2CCC(c3c[nH]c4ccccc34)CC2)nn1-c1ccccc1[N+](=O)[O-]. The summed E-state index contributed by atoms with van der Waals surface area (Å²) < 4.78 is 1.30. The van der Waals surface area contributed by atoms with Crippen LogP contribution >= 0.6 is 0 Å². The number of rotatable bonds is 4. The van der Waals surface area contributed by atoms with E-state index in [1.54, 1.807) is 30.0 Å². The van der Waals surface area contributed by atoms with Crippen LogP contribution < -0.4 is 5.43 Å². The molecule has 1 N–H and O–H groups in total. The topological polar surface area (TPSA) is 114 Å². The number of piperidine rings is 1. The zero-order valence-corrected chi connectivity index (χ0v) is 18.6. The number of carbonyl (C=O) groups is 1. The average molecular weight is 457 g/mol. The number of nitro benzene ring substituents is 1. The molecule has 1 aliphatic rings. The number of likely N-dealkylation sites (tertiary alicyclic amines) is 1. The molecule has 2 aromatic heterocycles. The summed E-state index contributed by atoms with van der Waals surface area (Å²) in [6, 6.07) is 15.6. The Morgan fingerprint density at radius 1 is 1.12 bits per heavy atom. The molecule has 0 bridgehead atoms. The summed E-state index contributed by atoms with van der Waals surface area (Å²) in [5, 5.41) is 16.9. The van der Waals surface area contributed by atoms with Crippen molar-refractivity contribution in [1.82, 2.24) is 19.7 Å². The Kier molecular flexibility index (Phi) is 5.45. The number of hydrogen-bond acceptors (Lipinski definition) is 5. The van der Waals surface area contributed by atoms with Crippen molar-refractivity contribution in [2.24, 2.45) is 0 Å². The third kappa shape index (κ3) is 3.75. The van der Waals surface area contributed by atoms with Gasteiger partial charge in [0.15, 0.2) is 5.69 Å². The maximum atomic E-state index is 13.2. The molecule has 0 unspecified atom stereocenters. The van der Waals surface area contributed by atoms with Crippen LogP contribution in [0.15, 0.2) is 65.6 Å². The molecular formula is C25H23N5O4. The van der Waals surface area contributed by atoms with Crippen molar-refractivity contribution < 1.29 is 9.72 Å². The van der Waals surface area contributed by atoms with E-state index in [2.05, 4.69) is 16.1 Å². The summed E-state index contributed by atoms with van der Waals surface area (Å²) in [5.41, 5.74) is 2.08. The van der Waals surface area contributed by atoms with Crippen LogP contribution in [-0.2, 0) is 0 Å². The van der Waals surface area contributed by atoms with Crippen LogP contribution in [0.25, 0.3) is 16.6 Å². The Bertz CT molecular complexity index is 1460. The van der Waals surface area contributed by atoms with E-state index in [0.717, 1.165) is 18.4 Å². The van der Waals surface area contributed by atoms with Crippen LogP contribution in [0.2, 0.25) is 0 Å². The molecule has 34 heavy (non-hydrogen) atoms. The molecule has 9 heteroatoms. The molecule has 0 aliphatic carbocycles. The maximum Gasteiger partial charge on any atom is 0.294 e. The summed E-state index contributed by atoms with van der Waals surface area (Å²) in [6.45, 7) is 2.64. The number of nitrogens with zero attached hydrogens (tertiary/aromatic N) is 4. The van der Waals surface area contributed by atoms with E-state index in [1.165, 1.54) is 27.8 Å². The number of aromatic nitrogens is 3. The smallest absolute Gasteiger partial charge is 0.294 e. The van der Waals surface area contributed by atoms with Crippen molar-refractivity contribution in [3.63, 3.8) is 0 Å². The number of benzene rings is 2. The van der Waals surface area contributed by atoms with Gasteiger partial charge < -0.3 is 9.88 Å². The molecule has 1 fully saturated rings. The third-order valence-corrected chi connectivity index (χ3v) is 6.46. The second-order valence-corrected chi connectivity index (χ2v) is 8.51. The summed E-state index contributed by atoms with van der Waals surface area (Å²) in [5.74, 6) is -0.135. The Labute approximate surface area is 194 Å². The third-order valence-electron chi connectivity index (χ3n) is 6.46. The predicted octanol–water partition coefficient (Wildman–Crippen LogP) is 3.95. The number of aryl methyl sites for hydroxylation is 1. The summed E-state index contributed by atoms with van der Waals surface area (Å²) in [4.78, 5) is 41.8. The van der Waals surface area contributed by atoms with Crippen molar-refractivity contribution in [1.29, 1.82) is 0 Å². The van der Waals surface area contributed by atoms with E-state index in [9.17, 15) is 19.7 Å². The standard InChI is InChI=1S/C25H23N5O4/c1-16-14-23(31)24(27-29(16)21-8-4-5-9-22(21)30(33)34)25(32)28-12-10-17(11-13-28)19-15-26-20-7-3-2-6-18(19)20/h2-9,14-15,17,26H,10-13H2,1H3. The number of carbonyl (C=O) groups excluding carboxylic acids is 1. The fraction of sp³-hybridized carbons (Fsp3) is 0.240. The minimum absolute atomic E-state index is 0.153. The molecule has 0 radical (unpaired) electrons. The number of para-hydroxylation sites is 3. The molecule has 3 heterocycles. The molecule has 0 saturated carbocycles. The Morgan fingerprint density at radius 2 is 1.82 bits per heavy atom. The maximum absolute atomic E-state index is 13.2. The fourth-order valence-corrected chi connectivity index (χ4v) is 4.71. The number of H-pyrrole nitrogens is 1. The van der Waals surface area contributed by atoms with Crippen LogP contribution in [0.5, 0.6) is 0 Å². The minimum atomic E-state index is -0.508. The van der Waals surface area contributed by atoms with Crippen LogP contribution in [0.3, 0.4) is 0 Å². The first-order valence-electron chi connectivity index (χ1n) is 11.1. The molecule has 1 saturated heterocycles. The van der Waals surface area contributed by atoms with Crippen molar-refractivity contribution in [3.8, 4) is 5.69 Å². The molecule has 172 valence electrons. The molecular weight excluding hydrogens is 434 g/mol. The van der Waals surface area contributed by atoms with Crippen LogP contribution in [0, 0.1) is 17.0 Å². The number of amides is 1. The van der Waals surface area contributed by atoms with E-state index >= 15 is 0 Å². The van der Waals surface area contributed by atoms with E-state index in [4.69, 9.17) is 0 Å². The van der Waals surface area contributed by atoms with Gasteiger partial charge in [0.2, 0.25) is 5.43 Å². The predicted molar refractivity (Wildman–Crippen MR) is 127 cm³/mol. The highest BCUT2D eigenvalue weighted by Gasteiger charge is 2.29. The average Bonchev–Trinajstić information content (AvgIpc) is 3.28. The molecule has 0 atom stereocenters. The lowest BCUT2D eigenvalue weighted by molar-refractivity contribution is -0.384. The van der Waals surface area contributed by atoms with E-state index in [0.29, 0.717) is 24.7 Å². The van der Waals surface area contributed by atoms with Crippen LogP contribution in [0.4, 0.5) is 5.69 Å². The number of nitrogens with one attached hydrogen (secondary N) is 1. The van der Waals surface area contributed by atoms with Gasteiger partial charge in [0.1, 0.15) is 5.69 Å². The Morgan fingerprint density at radius 3 is 2.59 bits per heavy atom. The van der Waals surface area contributed by atoms with Gasteiger partial charge in [-0.15, -0.1) is 0 Å². The molecule has 1 amide bonds. The van der Waals surface area contributed by atoms with Gasteiger partial charge >= 0.3 is 0 Å². The first kappa shape index (κ1) is 21.6. The van der Waals surface area contributed by atoms with Crippen molar-refractivity contribution in [3.05, 3.63) is 98.1 Å². The summed E-state index contributed by atoms with van der Waals surface area (Å²) in [6.07, 6.45) is 3.59. The lowest BCUT2D eigenvalue weighted by Crippen LogP contribution is -2.41. The zero-order chi connectivity index (χ0) is 23.8. The highest BCUT2D eigenvalue weighted by Crippen LogP contribution is 2.33. The number of aromatic amines is 1. The fourth-order valence-electron chi connectivity index (χ4n) is 4.71. The largest absolute Gasteiger partial charge is 0.361 e. The van der Waals surface area contributed by atoms with Gasteiger partial charge in [0, 0.05) is 48.0 Å². The van der Waals surface area contributed by atoms with Crippen molar-refractivity contribution in [2.75, 3.05) is 13.1 Å². The van der Waals surface area contributed by atoms with E-state index in [1.807, 2.05) is 24.4 Å². The van der Waals surface area contributed by atoms with Gasteiger partial charge in [-0.05, 0) is 43.4 Å². The van der Waals surface area contributed by atoms with Gasteiger partial charge in [-0.2, -0.15) is 5.10 Å². The number of fused-ring (bicyclic) bond motifs is 1. The van der Waals surface area contributed by atoms with E-state index in [-0.39, 0.29) is 17.1 Å². The molecule has 5 rings (SSSR count). The second-order valence-electron chi connectivity index (χ2n) is 8.51. The van der Waals surface area contributed by atoms with Crippen LogP contribution in [0.1, 0.15) is 40.5 Å².